The number of nitrogens with zero attached hydrogens (tertiary/aromatic N) is 1. The van der Waals surface area contributed by atoms with Gasteiger partial charge < -0.3 is 4.84 Å². The van der Waals surface area contributed by atoms with Crippen LogP contribution in [0.5, 0.6) is 0 Å². The van der Waals surface area contributed by atoms with Gasteiger partial charge in [-0.05, 0) is 26.2 Å². The molecule has 0 heterocycles. The second-order valence-electron chi connectivity index (χ2n) is 2.88. The number of rotatable bonds is 4. The fraction of sp³-hybridized carbons (Fsp3) is 0.875. The average molecular weight is 141 g/mol. The summed E-state index contributed by atoms with van der Waals surface area (Å²) < 4.78 is 0. The molecule has 0 aromatic heterocycles. The van der Waals surface area contributed by atoms with Gasteiger partial charge in [-0.2, -0.15) is 0 Å². The summed E-state index contributed by atoms with van der Waals surface area (Å²) in [5.41, 5.74) is 1.12. The Bertz CT molecular complexity index is 127. The lowest BCUT2D eigenvalue weighted by Crippen LogP contribution is -1.93. The zero-order valence-corrected chi connectivity index (χ0v) is 6.76. The van der Waals surface area contributed by atoms with Gasteiger partial charge in [-0.3, -0.25) is 0 Å². The molecule has 0 atom stereocenters. The van der Waals surface area contributed by atoms with E-state index in [9.17, 15) is 0 Å². The minimum atomic E-state index is 0.451. The van der Waals surface area contributed by atoms with E-state index < -0.39 is 0 Å². The molecule has 0 saturated heterocycles. The van der Waals surface area contributed by atoms with E-state index in [4.69, 9.17) is 4.84 Å². The molecule has 0 amide bonds. The highest BCUT2D eigenvalue weighted by atomic mass is 16.6. The molecule has 1 fully saturated rings. The average Bonchev–Trinajstić information content (AvgIpc) is 2.67. The molecule has 10 heavy (non-hydrogen) atoms. The minimum absolute atomic E-state index is 0.451. The lowest BCUT2D eigenvalue weighted by atomic mass is 10.2. The van der Waals surface area contributed by atoms with Crippen LogP contribution in [0.1, 0.15) is 39.5 Å². The van der Waals surface area contributed by atoms with Crippen LogP contribution in [-0.2, 0) is 4.84 Å². The van der Waals surface area contributed by atoms with Crippen molar-refractivity contribution in [1.29, 1.82) is 0 Å². The van der Waals surface area contributed by atoms with Crippen LogP contribution in [0.4, 0.5) is 0 Å². The molecule has 1 saturated carbocycles. The molecule has 1 rings (SSSR count). The van der Waals surface area contributed by atoms with Gasteiger partial charge in [-0.1, -0.05) is 18.5 Å². The fourth-order valence-electron chi connectivity index (χ4n) is 0.745. The van der Waals surface area contributed by atoms with E-state index in [1.54, 1.807) is 0 Å². The third-order valence-electron chi connectivity index (χ3n) is 1.49. The van der Waals surface area contributed by atoms with Gasteiger partial charge in [0.2, 0.25) is 0 Å². The van der Waals surface area contributed by atoms with E-state index in [1.165, 1.54) is 12.8 Å². The monoisotopic (exact) mass is 141 g/mol. The normalized spacial score (nSPS) is 19.2. The topological polar surface area (TPSA) is 21.6 Å². The molecule has 0 unspecified atom stereocenters. The first-order valence-electron chi connectivity index (χ1n) is 4.02. The van der Waals surface area contributed by atoms with Crippen molar-refractivity contribution in [1.82, 2.24) is 0 Å². The van der Waals surface area contributed by atoms with E-state index in [1.807, 2.05) is 6.92 Å². The van der Waals surface area contributed by atoms with Gasteiger partial charge >= 0.3 is 0 Å². The molecule has 2 nitrogen and oxygen atoms in total. The van der Waals surface area contributed by atoms with Crippen LogP contribution < -0.4 is 0 Å². The van der Waals surface area contributed by atoms with E-state index in [2.05, 4.69) is 12.1 Å². The second kappa shape index (κ2) is 3.59. The summed E-state index contributed by atoms with van der Waals surface area (Å²) in [5, 5.41) is 3.99. The van der Waals surface area contributed by atoms with Crippen LogP contribution in [0.25, 0.3) is 0 Å². The zero-order valence-electron chi connectivity index (χ0n) is 6.76. The van der Waals surface area contributed by atoms with Crippen molar-refractivity contribution >= 4 is 5.71 Å². The quantitative estimate of drug-likeness (QED) is 0.435. The van der Waals surface area contributed by atoms with Gasteiger partial charge in [0, 0.05) is 0 Å². The fourth-order valence-corrected chi connectivity index (χ4v) is 0.745. The van der Waals surface area contributed by atoms with Crippen molar-refractivity contribution in [2.45, 2.75) is 45.6 Å². The van der Waals surface area contributed by atoms with Crippen LogP contribution in [-0.4, -0.2) is 11.8 Å². The zero-order chi connectivity index (χ0) is 7.40. The molecule has 0 bridgehead atoms. The highest BCUT2D eigenvalue weighted by Gasteiger charge is 2.23. The Kier molecular flexibility index (Phi) is 2.72. The Balaban J connectivity index is 2.09. The Morgan fingerprint density at radius 1 is 1.60 bits per heavy atom. The Morgan fingerprint density at radius 2 is 2.30 bits per heavy atom. The summed E-state index contributed by atoms with van der Waals surface area (Å²) in [5.74, 6) is 0. The highest BCUT2D eigenvalue weighted by Crippen LogP contribution is 2.23. The third-order valence-corrected chi connectivity index (χ3v) is 1.49. The number of hydrogen-bond acceptors (Lipinski definition) is 2. The lowest BCUT2D eigenvalue weighted by molar-refractivity contribution is 0.128. The van der Waals surface area contributed by atoms with Gasteiger partial charge in [0.05, 0.1) is 5.71 Å². The molecule has 0 N–H and O–H groups in total. The summed E-state index contributed by atoms with van der Waals surface area (Å²) >= 11 is 0. The van der Waals surface area contributed by atoms with E-state index >= 15 is 0 Å². The van der Waals surface area contributed by atoms with Gasteiger partial charge in [0.25, 0.3) is 0 Å². The number of hydrogen-bond donors (Lipinski definition) is 0. The van der Waals surface area contributed by atoms with Gasteiger partial charge in [-0.15, -0.1) is 0 Å². The van der Waals surface area contributed by atoms with Crippen molar-refractivity contribution in [2.75, 3.05) is 0 Å². The molecule has 1 aliphatic rings. The Morgan fingerprint density at radius 3 is 2.80 bits per heavy atom. The van der Waals surface area contributed by atoms with Crippen molar-refractivity contribution < 1.29 is 4.84 Å². The molecule has 0 radical (unpaired) electrons. The predicted molar refractivity (Wildman–Crippen MR) is 42.1 cm³/mol. The first kappa shape index (κ1) is 7.58. The smallest absolute Gasteiger partial charge is 0.127 e. The van der Waals surface area contributed by atoms with Crippen molar-refractivity contribution in [3.05, 3.63) is 0 Å². The van der Waals surface area contributed by atoms with Crippen LogP contribution >= 0.6 is 0 Å². The summed E-state index contributed by atoms with van der Waals surface area (Å²) in [4.78, 5) is 5.16. The van der Waals surface area contributed by atoms with E-state index in [0.29, 0.717) is 6.10 Å². The lowest BCUT2D eigenvalue weighted by Gasteiger charge is -1.97. The van der Waals surface area contributed by atoms with Crippen LogP contribution in [0.3, 0.4) is 0 Å². The molecule has 2 heteroatoms. The molecule has 58 valence electrons. The largest absolute Gasteiger partial charge is 0.393 e. The first-order valence-corrected chi connectivity index (χ1v) is 4.02. The summed E-state index contributed by atoms with van der Waals surface area (Å²) in [6.07, 6.45) is 5.06. The Hall–Kier alpha value is -0.530. The minimum Gasteiger partial charge on any atom is -0.393 e. The molecule has 0 aromatic carbocycles. The molecule has 0 spiro atoms. The van der Waals surface area contributed by atoms with Crippen LogP contribution in [0.15, 0.2) is 5.16 Å². The molecule has 1 aliphatic carbocycles. The SMILES string of the molecule is CCCC(C)=NOC1CC1. The van der Waals surface area contributed by atoms with Crippen molar-refractivity contribution in [3.8, 4) is 0 Å². The van der Waals surface area contributed by atoms with Gasteiger partial charge in [0.1, 0.15) is 6.10 Å². The molecule has 0 aliphatic heterocycles. The van der Waals surface area contributed by atoms with Gasteiger partial charge in [0.15, 0.2) is 0 Å². The van der Waals surface area contributed by atoms with Crippen LogP contribution in [0.2, 0.25) is 0 Å². The van der Waals surface area contributed by atoms with Crippen molar-refractivity contribution in [2.24, 2.45) is 5.16 Å². The summed E-state index contributed by atoms with van der Waals surface area (Å²) in [6.45, 7) is 4.17. The summed E-state index contributed by atoms with van der Waals surface area (Å²) in [7, 11) is 0. The first-order chi connectivity index (χ1) is 4.83. The van der Waals surface area contributed by atoms with Crippen LogP contribution in [0, 0.1) is 0 Å². The van der Waals surface area contributed by atoms with Crippen molar-refractivity contribution in [3.63, 3.8) is 0 Å². The van der Waals surface area contributed by atoms with E-state index in [0.717, 1.165) is 18.6 Å². The standard InChI is InChI=1S/C8H15NO/c1-3-4-7(2)9-10-8-5-6-8/h8H,3-6H2,1-2H3. The predicted octanol–water partition coefficient (Wildman–Crippen LogP) is 2.34. The number of oxime groups is 1. The maximum absolute atomic E-state index is 5.16. The molecule has 0 aromatic rings. The van der Waals surface area contributed by atoms with E-state index in [-0.39, 0.29) is 0 Å². The maximum Gasteiger partial charge on any atom is 0.127 e. The summed E-state index contributed by atoms with van der Waals surface area (Å²) in [6, 6.07) is 0. The second-order valence-corrected chi connectivity index (χ2v) is 2.88. The maximum atomic E-state index is 5.16. The molecular weight excluding hydrogens is 126 g/mol. The highest BCUT2D eigenvalue weighted by molar-refractivity contribution is 5.81. The van der Waals surface area contributed by atoms with Gasteiger partial charge in [-0.25, -0.2) is 0 Å². The third kappa shape index (κ3) is 2.85. The Labute approximate surface area is 62.3 Å². The molecular formula is C8H15NO.